The first-order valence-corrected chi connectivity index (χ1v) is 6.68. The number of aromatic nitrogens is 2. The Morgan fingerprint density at radius 1 is 1.26 bits per heavy atom. The molecule has 0 atom stereocenters. The topological polar surface area (TPSA) is 34.9 Å². The smallest absolute Gasteiger partial charge is 0.150 e. The van der Waals surface area contributed by atoms with Gasteiger partial charge in [0.05, 0.1) is 5.69 Å². The van der Waals surface area contributed by atoms with Crippen LogP contribution in [-0.2, 0) is 6.54 Å². The van der Waals surface area contributed by atoms with Crippen molar-refractivity contribution < 1.29 is 4.79 Å². The van der Waals surface area contributed by atoms with E-state index in [0.29, 0.717) is 5.56 Å². The second kappa shape index (κ2) is 5.39. The molecule has 0 amide bonds. The molecule has 0 unspecified atom stereocenters. The van der Waals surface area contributed by atoms with Crippen molar-refractivity contribution in [1.29, 1.82) is 0 Å². The first kappa shape index (κ1) is 13.5. The first-order chi connectivity index (χ1) is 9.08. The van der Waals surface area contributed by atoms with Crippen LogP contribution in [0.5, 0.6) is 0 Å². The minimum absolute atomic E-state index is 0.711. The highest BCUT2D eigenvalue weighted by atomic mass is 16.1. The third-order valence-electron chi connectivity index (χ3n) is 3.48. The molecule has 19 heavy (non-hydrogen) atoms. The Kier molecular flexibility index (Phi) is 3.84. The van der Waals surface area contributed by atoms with E-state index in [1.54, 1.807) is 0 Å². The summed E-state index contributed by atoms with van der Waals surface area (Å²) < 4.78 is 2.05. The normalized spacial score (nSPS) is 10.7. The number of carbonyl (C=O) groups is 1. The first-order valence-electron chi connectivity index (χ1n) is 6.68. The molecule has 0 fully saturated rings. The molecule has 0 bridgehead atoms. The van der Waals surface area contributed by atoms with Crippen LogP contribution < -0.4 is 0 Å². The third kappa shape index (κ3) is 2.46. The van der Waals surface area contributed by atoms with Crippen LogP contribution in [0.2, 0.25) is 0 Å². The Balaban J connectivity index is 2.61. The maximum absolute atomic E-state index is 11.0. The van der Waals surface area contributed by atoms with Crippen molar-refractivity contribution in [2.75, 3.05) is 0 Å². The molecule has 0 N–H and O–H groups in total. The fourth-order valence-electron chi connectivity index (χ4n) is 2.50. The van der Waals surface area contributed by atoms with E-state index < -0.39 is 0 Å². The summed E-state index contributed by atoms with van der Waals surface area (Å²) in [6.45, 7) is 9.27. The van der Waals surface area contributed by atoms with Gasteiger partial charge in [-0.15, -0.1) is 0 Å². The Morgan fingerprint density at radius 2 is 2.00 bits per heavy atom. The van der Waals surface area contributed by atoms with E-state index in [9.17, 15) is 4.79 Å². The molecule has 0 saturated heterocycles. The Labute approximate surface area is 114 Å². The standard InChI is InChI=1S/C16H20N2O/c1-5-8-18-13(4)16(12(3)17-18)15-9-14(10-19)7-6-11(15)2/h6-7,9-10H,5,8H2,1-4H3. The summed E-state index contributed by atoms with van der Waals surface area (Å²) >= 11 is 0. The van der Waals surface area contributed by atoms with Crippen LogP contribution in [0, 0.1) is 20.8 Å². The number of aldehydes is 1. The number of benzene rings is 1. The molecule has 0 spiro atoms. The van der Waals surface area contributed by atoms with Crippen molar-refractivity contribution in [1.82, 2.24) is 9.78 Å². The molecule has 0 saturated carbocycles. The number of rotatable bonds is 4. The van der Waals surface area contributed by atoms with Gasteiger partial charge in [-0.1, -0.05) is 19.1 Å². The molecular formula is C16H20N2O. The van der Waals surface area contributed by atoms with E-state index in [4.69, 9.17) is 0 Å². The highest BCUT2D eigenvalue weighted by Crippen LogP contribution is 2.30. The van der Waals surface area contributed by atoms with Gasteiger partial charge in [0.15, 0.2) is 0 Å². The van der Waals surface area contributed by atoms with Crippen molar-refractivity contribution in [2.24, 2.45) is 0 Å². The van der Waals surface area contributed by atoms with Crippen LogP contribution in [0.25, 0.3) is 11.1 Å². The van der Waals surface area contributed by atoms with E-state index in [0.717, 1.165) is 36.1 Å². The highest BCUT2D eigenvalue weighted by Gasteiger charge is 2.15. The van der Waals surface area contributed by atoms with E-state index in [-0.39, 0.29) is 0 Å². The number of carbonyl (C=O) groups excluding carboxylic acids is 1. The molecule has 1 heterocycles. The molecule has 1 aromatic heterocycles. The number of hydrogen-bond donors (Lipinski definition) is 0. The zero-order chi connectivity index (χ0) is 14.0. The molecule has 3 nitrogen and oxygen atoms in total. The van der Waals surface area contributed by atoms with E-state index in [2.05, 4.69) is 30.6 Å². The third-order valence-corrected chi connectivity index (χ3v) is 3.48. The lowest BCUT2D eigenvalue weighted by molar-refractivity contribution is 0.112. The Hall–Kier alpha value is -1.90. The molecular weight excluding hydrogens is 236 g/mol. The lowest BCUT2D eigenvalue weighted by Crippen LogP contribution is -2.01. The summed E-state index contributed by atoms with van der Waals surface area (Å²) in [5.41, 5.74) is 6.36. The van der Waals surface area contributed by atoms with Crippen molar-refractivity contribution in [3.63, 3.8) is 0 Å². The number of nitrogens with zero attached hydrogens (tertiary/aromatic N) is 2. The monoisotopic (exact) mass is 256 g/mol. The SMILES string of the molecule is CCCn1nc(C)c(-c2cc(C=O)ccc2C)c1C. The van der Waals surface area contributed by atoms with Crippen molar-refractivity contribution in [3.05, 3.63) is 40.7 Å². The van der Waals surface area contributed by atoms with Crippen LogP contribution in [0.3, 0.4) is 0 Å². The van der Waals surface area contributed by atoms with Crippen LogP contribution in [0.4, 0.5) is 0 Å². The maximum Gasteiger partial charge on any atom is 0.150 e. The molecule has 0 aliphatic carbocycles. The molecule has 2 aromatic rings. The Morgan fingerprint density at radius 3 is 2.63 bits per heavy atom. The fourth-order valence-corrected chi connectivity index (χ4v) is 2.50. The quantitative estimate of drug-likeness (QED) is 0.782. The van der Waals surface area contributed by atoms with Crippen LogP contribution in [0.1, 0.15) is 40.7 Å². The largest absolute Gasteiger partial charge is 0.298 e. The van der Waals surface area contributed by atoms with Gasteiger partial charge in [0.1, 0.15) is 6.29 Å². The van der Waals surface area contributed by atoms with Gasteiger partial charge in [-0.05, 0) is 44.4 Å². The van der Waals surface area contributed by atoms with Crippen molar-refractivity contribution >= 4 is 6.29 Å². The van der Waals surface area contributed by atoms with E-state index in [1.165, 1.54) is 11.3 Å². The van der Waals surface area contributed by atoms with E-state index >= 15 is 0 Å². The molecule has 1 aromatic carbocycles. The summed E-state index contributed by atoms with van der Waals surface area (Å²) in [4.78, 5) is 11.0. The van der Waals surface area contributed by atoms with Crippen LogP contribution in [-0.4, -0.2) is 16.1 Å². The van der Waals surface area contributed by atoms with Gasteiger partial charge in [-0.2, -0.15) is 5.10 Å². The van der Waals surface area contributed by atoms with E-state index in [1.807, 2.05) is 25.1 Å². The van der Waals surface area contributed by atoms with Gasteiger partial charge < -0.3 is 0 Å². The average Bonchev–Trinajstić information content (AvgIpc) is 2.66. The number of aryl methyl sites for hydroxylation is 3. The van der Waals surface area contributed by atoms with Crippen LogP contribution >= 0.6 is 0 Å². The minimum atomic E-state index is 0.711. The Bertz CT molecular complexity index is 611. The van der Waals surface area contributed by atoms with Gasteiger partial charge in [0.25, 0.3) is 0 Å². The summed E-state index contributed by atoms with van der Waals surface area (Å²) in [5, 5.41) is 4.60. The van der Waals surface area contributed by atoms with Gasteiger partial charge in [-0.3, -0.25) is 9.48 Å². The predicted octanol–water partition coefficient (Wildman–Crippen LogP) is 3.70. The summed E-state index contributed by atoms with van der Waals surface area (Å²) in [5.74, 6) is 0. The van der Waals surface area contributed by atoms with Gasteiger partial charge in [0.2, 0.25) is 0 Å². The summed E-state index contributed by atoms with van der Waals surface area (Å²) in [7, 11) is 0. The zero-order valence-electron chi connectivity index (χ0n) is 12.0. The molecule has 100 valence electrons. The second-order valence-electron chi connectivity index (χ2n) is 4.96. The van der Waals surface area contributed by atoms with Gasteiger partial charge >= 0.3 is 0 Å². The van der Waals surface area contributed by atoms with Crippen molar-refractivity contribution in [3.8, 4) is 11.1 Å². The highest BCUT2D eigenvalue weighted by molar-refractivity contribution is 5.81. The van der Waals surface area contributed by atoms with Crippen molar-refractivity contribution in [2.45, 2.75) is 40.7 Å². The maximum atomic E-state index is 11.0. The average molecular weight is 256 g/mol. The lowest BCUT2D eigenvalue weighted by atomic mass is 9.97. The lowest BCUT2D eigenvalue weighted by Gasteiger charge is -2.08. The van der Waals surface area contributed by atoms with Gasteiger partial charge in [-0.25, -0.2) is 0 Å². The summed E-state index contributed by atoms with van der Waals surface area (Å²) in [6.07, 6.45) is 1.96. The zero-order valence-corrected chi connectivity index (χ0v) is 12.0. The number of hydrogen-bond acceptors (Lipinski definition) is 2. The molecule has 2 rings (SSSR count). The minimum Gasteiger partial charge on any atom is -0.298 e. The molecule has 0 aliphatic rings. The summed E-state index contributed by atoms with van der Waals surface area (Å²) in [6, 6.07) is 5.80. The fraction of sp³-hybridized carbons (Fsp3) is 0.375. The second-order valence-corrected chi connectivity index (χ2v) is 4.96. The van der Waals surface area contributed by atoms with Crippen LogP contribution in [0.15, 0.2) is 18.2 Å². The molecule has 0 radical (unpaired) electrons. The molecule has 0 aliphatic heterocycles. The molecule has 3 heteroatoms. The van der Waals surface area contributed by atoms with Gasteiger partial charge in [0, 0.05) is 23.4 Å². The predicted molar refractivity (Wildman–Crippen MR) is 77.6 cm³/mol.